The number of halogens is 1. The number of hydrogen-bond donors (Lipinski definition) is 0. The van der Waals surface area contributed by atoms with E-state index in [9.17, 15) is 9.59 Å². The molecule has 0 aliphatic carbocycles. The lowest BCUT2D eigenvalue weighted by atomic mass is 9.95. The number of aldehydes is 1. The maximum Gasteiger partial charge on any atom is 0.258 e. The van der Waals surface area contributed by atoms with Gasteiger partial charge in [0.1, 0.15) is 6.29 Å². The maximum absolute atomic E-state index is 12.6. The van der Waals surface area contributed by atoms with Crippen LogP contribution in [-0.4, -0.2) is 10.9 Å². The van der Waals surface area contributed by atoms with E-state index in [1.165, 1.54) is 5.56 Å². The highest BCUT2D eigenvalue weighted by Crippen LogP contribution is 2.32. The number of carbonyl (C=O) groups is 1. The highest BCUT2D eigenvalue weighted by Gasteiger charge is 2.16. The Morgan fingerprint density at radius 2 is 1.79 bits per heavy atom. The molecule has 0 unspecified atom stereocenters. The van der Waals surface area contributed by atoms with Crippen molar-refractivity contribution in [2.24, 2.45) is 7.05 Å². The van der Waals surface area contributed by atoms with E-state index in [1.807, 2.05) is 12.1 Å². The molecule has 0 saturated heterocycles. The second-order valence-electron chi connectivity index (χ2n) is 5.80. The highest BCUT2D eigenvalue weighted by atomic mass is 35.5. The summed E-state index contributed by atoms with van der Waals surface area (Å²) in [5.74, 6) is 0. The zero-order valence-electron chi connectivity index (χ0n) is 13.7. The quantitative estimate of drug-likeness (QED) is 0.669. The van der Waals surface area contributed by atoms with Crippen LogP contribution in [0.2, 0.25) is 5.02 Å². The Kier molecular flexibility index (Phi) is 4.54. The minimum Gasteiger partial charge on any atom is -0.314 e. The molecule has 0 amide bonds. The van der Waals surface area contributed by atoms with Gasteiger partial charge >= 0.3 is 0 Å². The molecule has 24 heavy (non-hydrogen) atoms. The zero-order valence-corrected chi connectivity index (χ0v) is 14.4. The van der Waals surface area contributed by atoms with Gasteiger partial charge in [0.25, 0.3) is 5.56 Å². The molecule has 0 atom stereocenters. The standard InChI is InChI=1S/C20H18ClNO2/c1-3-13-4-6-14(7-5-13)19-17-12-15(21)8-9-16(17)20(24)22(2)18(19)10-11-23/h4-9,11-12H,3,10H2,1-2H3. The highest BCUT2D eigenvalue weighted by molar-refractivity contribution is 6.31. The molecule has 0 aliphatic heterocycles. The number of nitrogens with zero attached hydrogens (tertiary/aromatic N) is 1. The van der Waals surface area contributed by atoms with E-state index in [2.05, 4.69) is 19.1 Å². The van der Waals surface area contributed by atoms with Gasteiger partial charge in [0.15, 0.2) is 0 Å². The molecule has 0 aliphatic rings. The molecule has 0 saturated carbocycles. The minimum atomic E-state index is -0.118. The second kappa shape index (κ2) is 6.62. The predicted octanol–water partition coefficient (Wildman–Crippen LogP) is 4.16. The van der Waals surface area contributed by atoms with E-state index in [-0.39, 0.29) is 12.0 Å². The van der Waals surface area contributed by atoms with Crippen molar-refractivity contribution in [3.8, 4) is 11.1 Å². The van der Waals surface area contributed by atoms with Gasteiger partial charge in [-0.15, -0.1) is 0 Å². The summed E-state index contributed by atoms with van der Waals surface area (Å²) in [4.78, 5) is 23.8. The van der Waals surface area contributed by atoms with Crippen LogP contribution in [0.1, 0.15) is 18.2 Å². The fraction of sp³-hybridized carbons (Fsp3) is 0.200. The molecule has 122 valence electrons. The zero-order chi connectivity index (χ0) is 17.3. The van der Waals surface area contributed by atoms with Crippen LogP contribution in [-0.2, 0) is 24.7 Å². The maximum atomic E-state index is 12.6. The summed E-state index contributed by atoms with van der Waals surface area (Å²) < 4.78 is 1.56. The Morgan fingerprint density at radius 3 is 2.42 bits per heavy atom. The molecule has 0 radical (unpaired) electrons. The molecule has 2 aromatic carbocycles. The van der Waals surface area contributed by atoms with E-state index in [4.69, 9.17) is 11.6 Å². The fourth-order valence-electron chi connectivity index (χ4n) is 3.08. The van der Waals surface area contributed by atoms with E-state index < -0.39 is 0 Å². The van der Waals surface area contributed by atoms with E-state index in [1.54, 1.807) is 29.8 Å². The van der Waals surface area contributed by atoms with E-state index in [0.29, 0.717) is 16.1 Å². The Labute approximate surface area is 145 Å². The topological polar surface area (TPSA) is 39.1 Å². The average molecular weight is 340 g/mol. The summed E-state index contributed by atoms with van der Waals surface area (Å²) in [6, 6.07) is 13.5. The third kappa shape index (κ3) is 2.76. The number of fused-ring (bicyclic) bond motifs is 1. The Balaban J connectivity index is 2.43. The number of aryl methyl sites for hydroxylation is 1. The van der Waals surface area contributed by atoms with Gasteiger partial charge in [-0.05, 0) is 41.1 Å². The van der Waals surface area contributed by atoms with Gasteiger partial charge in [-0.25, -0.2) is 0 Å². The Morgan fingerprint density at radius 1 is 1.08 bits per heavy atom. The van der Waals surface area contributed by atoms with Crippen LogP contribution in [0.5, 0.6) is 0 Å². The van der Waals surface area contributed by atoms with Crippen LogP contribution in [0.25, 0.3) is 21.9 Å². The van der Waals surface area contributed by atoms with Gasteiger partial charge in [0.2, 0.25) is 0 Å². The molecule has 1 heterocycles. The number of rotatable bonds is 4. The minimum absolute atomic E-state index is 0.118. The first-order valence-corrected chi connectivity index (χ1v) is 8.28. The predicted molar refractivity (Wildman–Crippen MR) is 98.8 cm³/mol. The molecule has 3 aromatic rings. The summed E-state index contributed by atoms with van der Waals surface area (Å²) in [6.07, 6.45) is 1.97. The Bertz CT molecular complexity index is 972. The monoisotopic (exact) mass is 339 g/mol. The number of pyridine rings is 1. The van der Waals surface area contributed by atoms with Crippen LogP contribution < -0.4 is 5.56 Å². The third-order valence-corrected chi connectivity index (χ3v) is 4.64. The number of carbonyl (C=O) groups excluding carboxylic acids is 1. The van der Waals surface area contributed by atoms with Gasteiger partial charge < -0.3 is 9.36 Å². The van der Waals surface area contributed by atoms with Gasteiger partial charge in [0, 0.05) is 35.1 Å². The van der Waals surface area contributed by atoms with E-state index in [0.717, 1.165) is 29.2 Å². The molecule has 1 aromatic heterocycles. The first-order valence-electron chi connectivity index (χ1n) is 7.91. The lowest BCUT2D eigenvalue weighted by Gasteiger charge is -2.16. The second-order valence-corrected chi connectivity index (χ2v) is 6.23. The van der Waals surface area contributed by atoms with Crippen molar-refractivity contribution < 1.29 is 4.79 Å². The van der Waals surface area contributed by atoms with Crippen molar-refractivity contribution in [1.29, 1.82) is 0 Å². The molecule has 0 bridgehead atoms. The van der Waals surface area contributed by atoms with Crippen LogP contribution in [0.15, 0.2) is 47.3 Å². The van der Waals surface area contributed by atoms with Crippen LogP contribution >= 0.6 is 11.6 Å². The largest absolute Gasteiger partial charge is 0.314 e. The first-order chi connectivity index (χ1) is 11.6. The van der Waals surface area contributed by atoms with Crippen molar-refractivity contribution in [1.82, 2.24) is 4.57 Å². The first kappa shape index (κ1) is 16.5. The van der Waals surface area contributed by atoms with Gasteiger partial charge in [0.05, 0.1) is 0 Å². The normalized spacial score (nSPS) is 11.0. The van der Waals surface area contributed by atoms with Crippen molar-refractivity contribution in [3.05, 3.63) is 69.1 Å². The van der Waals surface area contributed by atoms with Crippen molar-refractivity contribution in [2.75, 3.05) is 0 Å². The van der Waals surface area contributed by atoms with Gasteiger partial charge in [-0.3, -0.25) is 4.79 Å². The van der Waals surface area contributed by atoms with Gasteiger partial charge in [-0.1, -0.05) is 42.8 Å². The lowest BCUT2D eigenvalue weighted by Crippen LogP contribution is -2.22. The van der Waals surface area contributed by atoms with Crippen molar-refractivity contribution in [2.45, 2.75) is 19.8 Å². The van der Waals surface area contributed by atoms with Crippen LogP contribution in [0.3, 0.4) is 0 Å². The molecule has 3 rings (SSSR count). The smallest absolute Gasteiger partial charge is 0.258 e. The molecule has 4 heteroatoms. The fourth-order valence-corrected chi connectivity index (χ4v) is 3.26. The summed E-state index contributed by atoms with van der Waals surface area (Å²) in [6.45, 7) is 2.11. The number of hydrogen-bond acceptors (Lipinski definition) is 2. The summed E-state index contributed by atoms with van der Waals surface area (Å²) in [5, 5.41) is 1.96. The van der Waals surface area contributed by atoms with Gasteiger partial charge in [-0.2, -0.15) is 0 Å². The molecule has 3 nitrogen and oxygen atoms in total. The molecular weight excluding hydrogens is 322 g/mol. The average Bonchev–Trinajstić information content (AvgIpc) is 2.60. The number of aromatic nitrogens is 1. The number of benzene rings is 2. The van der Waals surface area contributed by atoms with Crippen molar-refractivity contribution >= 4 is 28.7 Å². The molecule has 0 N–H and O–H groups in total. The van der Waals surface area contributed by atoms with Crippen LogP contribution in [0, 0.1) is 0 Å². The molecule has 0 spiro atoms. The summed E-state index contributed by atoms with van der Waals surface area (Å²) in [7, 11) is 1.71. The summed E-state index contributed by atoms with van der Waals surface area (Å²) in [5.41, 5.74) is 3.69. The van der Waals surface area contributed by atoms with E-state index >= 15 is 0 Å². The SMILES string of the molecule is CCc1ccc(-c2c(CC=O)n(C)c(=O)c3ccc(Cl)cc23)cc1. The van der Waals surface area contributed by atoms with Crippen molar-refractivity contribution in [3.63, 3.8) is 0 Å². The Hall–Kier alpha value is -2.39. The summed E-state index contributed by atoms with van der Waals surface area (Å²) >= 11 is 6.17. The molecule has 0 fully saturated rings. The third-order valence-electron chi connectivity index (χ3n) is 4.41. The van der Waals surface area contributed by atoms with Crippen LogP contribution in [0.4, 0.5) is 0 Å². The molecular formula is C20H18ClNO2. The lowest BCUT2D eigenvalue weighted by molar-refractivity contribution is -0.107.